The quantitative estimate of drug-likeness (QED) is 0.266. The Balaban J connectivity index is 1.38. The van der Waals surface area contributed by atoms with Gasteiger partial charge in [0.2, 0.25) is 11.8 Å². The highest BCUT2D eigenvalue weighted by molar-refractivity contribution is 6.25. The maximum Gasteiger partial charge on any atom is 0.335 e. The van der Waals surface area contributed by atoms with E-state index in [-0.39, 0.29) is 41.4 Å². The standard InChI is InChI=1S/C34H25NO7/c1-16-13-26(36)25-15-24-21(27(29(25)30(16)37)22-10-9-17-5-2-3-8-20(17)31(22)38)11-12-23-28(24)33(40)35(32(23)39)19-7-4-6-18(14-19)34(41)42/h2-11,13-14,23-24,27-28,38H,12,15H2,1H3,(H,41,42)/t23-,24+,27+,28-/m0/s1. The largest absolute Gasteiger partial charge is 0.507 e. The maximum atomic E-state index is 14.0. The van der Waals surface area contributed by atoms with Gasteiger partial charge in [0.15, 0.2) is 11.6 Å². The summed E-state index contributed by atoms with van der Waals surface area (Å²) >= 11 is 0. The molecule has 0 unspecified atom stereocenters. The number of aromatic hydroxyl groups is 1. The third-order valence-corrected chi connectivity index (χ3v) is 9.16. The van der Waals surface area contributed by atoms with Crippen LogP contribution in [0.25, 0.3) is 10.8 Å². The van der Waals surface area contributed by atoms with E-state index in [1.807, 2.05) is 30.3 Å². The van der Waals surface area contributed by atoms with E-state index < -0.39 is 41.5 Å². The van der Waals surface area contributed by atoms with Gasteiger partial charge < -0.3 is 10.2 Å². The molecular formula is C34H25NO7. The molecule has 1 aliphatic heterocycles. The number of imide groups is 1. The van der Waals surface area contributed by atoms with Crippen LogP contribution in [0.3, 0.4) is 0 Å². The summed E-state index contributed by atoms with van der Waals surface area (Å²) in [6.45, 7) is 1.60. The predicted molar refractivity (Wildman–Crippen MR) is 153 cm³/mol. The van der Waals surface area contributed by atoms with Gasteiger partial charge in [-0.2, -0.15) is 0 Å². The minimum atomic E-state index is -1.18. The van der Waals surface area contributed by atoms with Crippen LogP contribution in [0.15, 0.2) is 95.1 Å². The summed E-state index contributed by atoms with van der Waals surface area (Å²) in [7, 11) is 0. The zero-order valence-corrected chi connectivity index (χ0v) is 22.5. The van der Waals surface area contributed by atoms with Gasteiger partial charge in [-0.25, -0.2) is 4.79 Å². The SMILES string of the molecule is CC1=CC(=O)C2=C(C1=O)[C@@H](c1ccc3ccccc3c1O)C1=CC[C@@H]3C(=O)N(c4cccc(C(=O)O)c4)C(=O)[C@@H]3[C@@H]1C2. The van der Waals surface area contributed by atoms with Crippen molar-refractivity contribution in [3.05, 3.63) is 106 Å². The summed E-state index contributed by atoms with van der Waals surface area (Å²) in [5, 5.41) is 22.4. The van der Waals surface area contributed by atoms with Crippen molar-refractivity contribution < 1.29 is 34.2 Å². The number of benzene rings is 3. The van der Waals surface area contributed by atoms with E-state index in [4.69, 9.17) is 0 Å². The highest BCUT2D eigenvalue weighted by Gasteiger charge is 2.57. The van der Waals surface area contributed by atoms with Gasteiger partial charge in [0.05, 0.1) is 23.1 Å². The van der Waals surface area contributed by atoms with Gasteiger partial charge in [-0.15, -0.1) is 0 Å². The number of carboxylic acids is 1. The molecule has 0 bridgehead atoms. The molecule has 1 fully saturated rings. The Kier molecular flexibility index (Phi) is 5.66. The Morgan fingerprint density at radius 2 is 1.71 bits per heavy atom. The first kappa shape index (κ1) is 25.8. The second-order valence-corrected chi connectivity index (χ2v) is 11.3. The van der Waals surface area contributed by atoms with Crippen molar-refractivity contribution in [3.63, 3.8) is 0 Å². The molecule has 3 aromatic carbocycles. The van der Waals surface area contributed by atoms with Crippen molar-refractivity contribution in [2.75, 3.05) is 4.90 Å². The van der Waals surface area contributed by atoms with Gasteiger partial charge in [0.1, 0.15) is 5.75 Å². The highest BCUT2D eigenvalue weighted by Crippen LogP contribution is 2.56. The molecule has 2 N–H and O–H groups in total. The fourth-order valence-electron chi connectivity index (χ4n) is 7.25. The zero-order chi connectivity index (χ0) is 29.4. The molecule has 1 heterocycles. The van der Waals surface area contributed by atoms with Crippen LogP contribution >= 0.6 is 0 Å². The number of phenolic OH excluding ortho intramolecular Hbond substituents is 1. The van der Waals surface area contributed by atoms with Gasteiger partial charge in [-0.05, 0) is 55.3 Å². The van der Waals surface area contributed by atoms with Crippen molar-refractivity contribution >= 4 is 45.8 Å². The Hall–Kier alpha value is -5.11. The molecule has 208 valence electrons. The first-order chi connectivity index (χ1) is 20.2. The summed E-state index contributed by atoms with van der Waals surface area (Å²) in [5.41, 5.74) is 2.27. The van der Waals surface area contributed by atoms with E-state index in [0.29, 0.717) is 27.7 Å². The van der Waals surface area contributed by atoms with Crippen LogP contribution in [0.4, 0.5) is 5.69 Å². The lowest BCUT2D eigenvalue weighted by atomic mass is 9.59. The molecule has 4 aliphatic rings. The summed E-state index contributed by atoms with van der Waals surface area (Å²) in [6.07, 6.45) is 3.56. The molecule has 1 saturated heterocycles. The number of aromatic carboxylic acids is 1. The number of hydrogen-bond donors (Lipinski definition) is 2. The van der Waals surface area contributed by atoms with Crippen molar-refractivity contribution in [2.45, 2.75) is 25.7 Å². The molecule has 0 saturated carbocycles. The molecule has 0 spiro atoms. The van der Waals surface area contributed by atoms with Crippen LogP contribution in [0.1, 0.15) is 41.6 Å². The van der Waals surface area contributed by atoms with Crippen molar-refractivity contribution in [3.8, 4) is 5.75 Å². The Bertz CT molecular complexity index is 1890. The number of hydrogen-bond acceptors (Lipinski definition) is 6. The van der Waals surface area contributed by atoms with Gasteiger partial charge in [0.25, 0.3) is 0 Å². The van der Waals surface area contributed by atoms with Crippen LogP contribution < -0.4 is 4.90 Å². The number of carbonyl (C=O) groups excluding carboxylic acids is 4. The average molecular weight is 560 g/mol. The zero-order valence-electron chi connectivity index (χ0n) is 22.5. The van der Waals surface area contributed by atoms with Crippen LogP contribution in [0.2, 0.25) is 0 Å². The average Bonchev–Trinajstić information content (AvgIpc) is 3.25. The summed E-state index contributed by atoms with van der Waals surface area (Å²) < 4.78 is 0. The van der Waals surface area contributed by atoms with Crippen LogP contribution in [-0.4, -0.2) is 39.6 Å². The second-order valence-electron chi connectivity index (χ2n) is 11.3. The number of allylic oxidation sites excluding steroid dienone is 6. The second kappa shape index (κ2) is 9.21. The van der Waals surface area contributed by atoms with Gasteiger partial charge >= 0.3 is 5.97 Å². The predicted octanol–water partition coefficient (Wildman–Crippen LogP) is 4.88. The molecule has 3 aromatic rings. The van der Waals surface area contributed by atoms with Crippen molar-refractivity contribution in [2.24, 2.45) is 17.8 Å². The number of ketones is 2. The topological polar surface area (TPSA) is 129 Å². The van der Waals surface area contributed by atoms with E-state index >= 15 is 0 Å². The van der Waals surface area contributed by atoms with Crippen LogP contribution in [0, 0.1) is 17.8 Å². The first-order valence-corrected chi connectivity index (χ1v) is 13.8. The summed E-state index contributed by atoms with van der Waals surface area (Å²) in [6, 6.07) is 16.7. The summed E-state index contributed by atoms with van der Waals surface area (Å²) in [5.74, 6) is -5.47. The molecule has 0 aromatic heterocycles. The fourth-order valence-corrected chi connectivity index (χ4v) is 7.25. The van der Waals surface area contributed by atoms with E-state index in [0.717, 1.165) is 15.9 Å². The number of anilines is 1. The molecule has 42 heavy (non-hydrogen) atoms. The number of nitrogens with zero attached hydrogens (tertiary/aromatic N) is 1. The van der Waals surface area contributed by atoms with Crippen LogP contribution in [-0.2, 0) is 19.2 Å². The molecule has 4 atom stereocenters. The van der Waals surface area contributed by atoms with E-state index in [9.17, 15) is 34.2 Å². The number of phenols is 1. The number of amides is 2. The number of carbonyl (C=O) groups is 5. The number of Topliss-reactive ketones (excluding diaryl/α,β-unsaturated/α-hetero) is 1. The normalized spacial score (nSPS) is 25.2. The van der Waals surface area contributed by atoms with Gasteiger partial charge in [-0.1, -0.05) is 54.1 Å². The fraction of sp³-hybridized carbons (Fsp3) is 0.206. The minimum Gasteiger partial charge on any atom is -0.507 e. The smallest absolute Gasteiger partial charge is 0.335 e. The lowest BCUT2D eigenvalue weighted by molar-refractivity contribution is -0.123. The van der Waals surface area contributed by atoms with E-state index in [1.165, 1.54) is 30.3 Å². The molecule has 3 aliphatic carbocycles. The monoisotopic (exact) mass is 559 g/mol. The maximum absolute atomic E-state index is 14.0. The molecule has 2 amide bonds. The molecule has 8 nitrogen and oxygen atoms in total. The Morgan fingerprint density at radius 3 is 2.50 bits per heavy atom. The van der Waals surface area contributed by atoms with E-state index in [1.54, 1.807) is 19.1 Å². The molecule has 8 heteroatoms. The lowest BCUT2D eigenvalue weighted by Crippen LogP contribution is -2.39. The molecule has 0 radical (unpaired) electrons. The first-order valence-electron chi connectivity index (χ1n) is 13.8. The number of fused-ring (bicyclic) bond motifs is 4. The van der Waals surface area contributed by atoms with Crippen molar-refractivity contribution in [1.29, 1.82) is 0 Å². The van der Waals surface area contributed by atoms with E-state index in [2.05, 4.69) is 0 Å². The van der Waals surface area contributed by atoms with Crippen molar-refractivity contribution in [1.82, 2.24) is 0 Å². The molecular weight excluding hydrogens is 534 g/mol. The molecule has 7 rings (SSSR count). The van der Waals surface area contributed by atoms with Gasteiger partial charge in [0, 0.05) is 33.6 Å². The number of carboxylic acid groups (broad SMARTS) is 1. The lowest BCUT2D eigenvalue weighted by Gasteiger charge is -2.42. The Morgan fingerprint density at radius 1 is 0.929 bits per heavy atom. The Labute approximate surface area is 240 Å². The van der Waals surface area contributed by atoms with Crippen LogP contribution in [0.5, 0.6) is 5.75 Å². The third-order valence-electron chi connectivity index (χ3n) is 9.16. The number of rotatable bonds is 3. The van der Waals surface area contributed by atoms with Gasteiger partial charge in [-0.3, -0.25) is 24.1 Å². The highest BCUT2D eigenvalue weighted by atomic mass is 16.4. The minimum absolute atomic E-state index is 0.00187. The summed E-state index contributed by atoms with van der Waals surface area (Å²) in [4.78, 5) is 67.3. The third kappa shape index (κ3) is 3.57.